The molecular weight excluding hydrogens is 705 g/mol. The number of aliphatic carboxylic acids is 1. The zero-order valence-electron chi connectivity index (χ0n) is 23.7. The smallest absolute Gasteiger partial charge is 0.347 e. The van der Waals surface area contributed by atoms with Crippen LogP contribution in [0.1, 0.15) is 29.8 Å². The monoisotopic (exact) mass is 727 g/mol. The Labute approximate surface area is 280 Å². The van der Waals surface area contributed by atoms with E-state index in [0.717, 1.165) is 11.1 Å². The molecule has 5 rings (SSSR count). The Morgan fingerprint density at radius 3 is 2.38 bits per heavy atom. The maximum absolute atomic E-state index is 11.5. The number of nitrogens with zero attached hydrogens (tertiary/aromatic N) is 3. The number of hydrogen-bond acceptors (Lipinski definition) is 7. The Morgan fingerprint density at radius 1 is 0.956 bits per heavy atom. The third-order valence-electron chi connectivity index (χ3n) is 6.35. The van der Waals surface area contributed by atoms with E-state index in [1.54, 1.807) is 47.1 Å². The lowest BCUT2D eigenvalue weighted by molar-refractivity contribution is -0.152. The van der Waals surface area contributed by atoms with Gasteiger partial charge in [-0.2, -0.15) is 5.10 Å². The molecule has 13 heteroatoms. The van der Waals surface area contributed by atoms with Gasteiger partial charge in [0.15, 0.2) is 5.60 Å². The van der Waals surface area contributed by atoms with Crippen molar-refractivity contribution in [2.75, 3.05) is 0 Å². The van der Waals surface area contributed by atoms with Gasteiger partial charge in [0.1, 0.15) is 22.3 Å². The summed E-state index contributed by atoms with van der Waals surface area (Å²) < 4.78 is 14.0. The number of hydrogen-bond donors (Lipinski definition) is 2. The molecule has 0 atom stereocenters. The summed E-state index contributed by atoms with van der Waals surface area (Å²) in [7, 11) is 0. The highest BCUT2D eigenvalue weighted by Gasteiger charge is 2.30. The second kappa shape index (κ2) is 13.5. The lowest BCUT2D eigenvalue weighted by Gasteiger charge is -2.22. The largest absolute Gasteiger partial charge is 0.478 e. The minimum Gasteiger partial charge on any atom is -0.478 e. The Bertz CT molecular complexity index is 1990. The molecule has 5 aromatic rings. The van der Waals surface area contributed by atoms with Crippen LogP contribution < -0.4 is 14.3 Å². The summed E-state index contributed by atoms with van der Waals surface area (Å²) in [4.78, 5) is 28.3. The number of halogens is 3. The molecule has 4 aromatic carbocycles. The number of rotatable bonds is 10. The van der Waals surface area contributed by atoms with E-state index in [-0.39, 0.29) is 5.56 Å². The van der Waals surface area contributed by atoms with Crippen molar-refractivity contribution in [2.45, 2.75) is 26.0 Å². The number of carboxylic acids is 2. The fourth-order valence-corrected chi connectivity index (χ4v) is 5.73. The van der Waals surface area contributed by atoms with Gasteiger partial charge >= 0.3 is 11.9 Å². The third-order valence-corrected chi connectivity index (χ3v) is 8.71. The molecule has 1 heterocycles. The van der Waals surface area contributed by atoms with E-state index < -0.39 is 17.5 Å². The van der Waals surface area contributed by atoms with E-state index in [1.165, 1.54) is 37.3 Å². The first kappa shape index (κ1) is 32.2. The molecular formula is C32H24BrCl2N3O6S. The van der Waals surface area contributed by atoms with Gasteiger partial charge in [-0.3, -0.25) is 0 Å². The van der Waals surface area contributed by atoms with Crippen molar-refractivity contribution in [3.8, 4) is 27.8 Å². The van der Waals surface area contributed by atoms with Crippen LogP contribution >= 0.6 is 50.5 Å². The number of carbonyl (C=O) groups is 2. The molecule has 0 aliphatic rings. The van der Waals surface area contributed by atoms with Crippen LogP contribution in [0.25, 0.3) is 10.6 Å². The van der Waals surface area contributed by atoms with Gasteiger partial charge in [0.2, 0.25) is 4.80 Å². The van der Waals surface area contributed by atoms with Gasteiger partial charge in [0.25, 0.3) is 0 Å². The molecule has 0 bridgehead atoms. The molecule has 2 N–H and O–H groups in total. The number of benzene rings is 4. The van der Waals surface area contributed by atoms with Crippen molar-refractivity contribution in [3.63, 3.8) is 0 Å². The van der Waals surface area contributed by atoms with Crippen molar-refractivity contribution in [1.29, 1.82) is 0 Å². The normalized spacial score (nSPS) is 11.8. The van der Waals surface area contributed by atoms with Gasteiger partial charge in [0, 0.05) is 5.56 Å². The lowest BCUT2D eigenvalue weighted by atomic mass is 10.1. The van der Waals surface area contributed by atoms with Gasteiger partial charge in [0.05, 0.1) is 32.3 Å². The summed E-state index contributed by atoms with van der Waals surface area (Å²) >= 11 is 17.2. The summed E-state index contributed by atoms with van der Waals surface area (Å²) in [6.07, 6.45) is 0. The maximum Gasteiger partial charge on any atom is 0.347 e. The van der Waals surface area contributed by atoms with E-state index in [2.05, 4.69) is 15.9 Å². The zero-order chi connectivity index (χ0) is 32.3. The summed E-state index contributed by atoms with van der Waals surface area (Å²) in [5, 5.41) is 25.0. The summed E-state index contributed by atoms with van der Waals surface area (Å²) in [5.74, 6) is -0.842. The van der Waals surface area contributed by atoms with Crippen LogP contribution in [-0.2, 0) is 11.3 Å². The molecule has 0 radical (unpaired) electrons. The SMILES string of the molecule is CC(C)(Oc1ccc(Cn2nc(-c3cccc(Oc4cccc(C(=O)O)c4)c3)s/c2=N/c2ccc(Cl)c(Cl)c2)cc1Br)C(=O)O. The lowest BCUT2D eigenvalue weighted by Crippen LogP contribution is -2.38. The number of carboxylic acid groups (broad SMARTS) is 2. The van der Waals surface area contributed by atoms with E-state index in [1.807, 2.05) is 30.3 Å². The average Bonchev–Trinajstić information content (AvgIpc) is 3.38. The second-order valence-corrected chi connectivity index (χ2v) is 12.8. The Kier molecular flexibility index (Phi) is 9.64. The Hall–Kier alpha value is -4.16. The molecule has 0 saturated heterocycles. The fourth-order valence-electron chi connectivity index (χ4n) is 4.02. The van der Waals surface area contributed by atoms with Crippen molar-refractivity contribution in [1.82, 2.24) is 9.78 Å². The first-order valence-electron chi connectivity index (χ1n) is 13.3. The minimum atomic E-state index is -1.41. The average molecular weight is 729 g/mol. The molecule has 0 saturated carbocycles. The van der Waals surface area contributed by atoms with Crippen molar-refractivity contribution in [3.05, 3.63) is 115 Å². The molecule has 230 valence electrons. The molecule has 0 unspecified atom stereocenters. The summed E-state index contributed by atoms with van der Waals surface area (Å²) in [6, 6.07) is 24.0. The summed E-state index contributed by atoms with van der Waals surface area (Å²) in [6.45, 7) is 3.29. The first-order valence-corrected chi connectivity index (χ1v) is 15.6. The van der Waals surface area contributed by atoms with Gasteiger partial charge in [-0.1, -0.05) is 58.8 Å². The van der Waals surface area contributed by atoms with E-state index in [4.69, 9.17) is 42.8 Å². The van der Waals surface area contributed by atoms with Crippen LogP contribution in [0.15, 0.2) is 94.4 Å². The number of ether oxygens (including phenoxy) is 2. The highest BCUT2D eigenvalue weighted by Crippen LogP contribution is 2.32. The highest BCUT2D eigenvalue weighted by atomic mass is 79.9. The van der Waals surface area contributed by atoms with Gasteiger partial charge in [-0.15, -0.1) is 0 Å². The molecule has 1 aromatic heterocycles. The van der Waals surface area contributed by atoms with Crippen LogP contribution in [0.3, 0.4) is 0 Å². The van der Waals surface area contributed by atoms with Gasteiger partial charge in [-0.25, -0.2) is 19.3 Å². The standard InChI is InChI=1S/C32H24BrCl2N3O6S/c1-32(2,30(41)42)44-27-12-9-18(13-24(27)33)17-38-31(36-21-10-11-25(34)26(35)16-21)45-28(37-38)19-5-3-7-22(14-19)43-23-8-4-6-20(15-23)29(39)40/h3-16H,17H2,1-2H3,(H,39,40)(H,41,42)/b36-31+. The molecule has 0 amide bonds. The Morgan fingerprint density at radius 2 is 1.69 bits per heavy atom. The molecule has 0 aliphatic heterocycles. The van der Waals surface area contributed by atoms with Crippen LogP contribution in [0.2, 0.25) is 10.0 Å². The van der Waals surface area contributed by atoms with Crippen molar-refractivity contribution < 1.29 is 29.3 Å². The predicted molar refractivity (Wildman–Crippen MR) is 176 cm³/mol. The van der Waals surface area contributed by atoms with Crippen LogP contribution in [0.4, 0.5) is 5.69 Å². The number of aromatic nitrogens is 2. The second-order valence-electron chi connectivity index (χ2n) is 10.2. The molecule has 45 heavy (non-hydrogen) atoms. The fraction of sp³-hybridized carbons (Fsp3) is 0.125. The van der Waals surface area contributed by atoms with E-state index in [9.17, 15) is 19.8 Å². The zero-order valence-corrected chi connectivity index (χ0v) is 27.6. The van der Waals surface area contributed by atoms with Crippen LogP contribution in [-0.4, -0.2) is 37.5 Å². The topological polar surface area (TPSA) is 123 Å². The minimum absolute atomic E-state index is 0.120. The maximum atomic E-state index is 11.5. The van der Waals surface area contributed by atoms with Gasteiger partial charge in [-0.05, 0) is 96.0 Å². The molecule has 0 aliphatic carbocycles. The van der Waals surface area contributed by atoms with Crippen LogP contribution in [0, 0.1) is 0 Å². The molecule has 0 fully saturated rings. The van der Waals surface area contributed by atoms with Crippen molar-refractivity contribution >= 4 is 68.1 Å². The highest BCUT2D eigenvalue weighted by molar-refractivity contribution is 9.10. The van der Waals surface area contributed by atoms with E-state index in [0.29, 0.717) is 53.8 Å². The van der Waals surface area contributed by atoms with Gasteiger partial charge < -0.3 is 19.7 Å². The number of aromatic carboxylic acids is 1. The van der Waals surface area contributed by atoms with Crippen LogP contribution in [0.5, 0.6) is 17.2 Å². The molecule has 9 nitrogen and oxygen atoms in total. The van der Waals surface area contributed by atoms with E-state index >= 15 is 0 Å². The summed E-state index contributed by atoms with van der Waals surface area (Å²) in [5.41, 5.74) is 0.910. The predicted octanol–water partition coefficient (Wildman–Crippen LogP) is 8.69. The molecule has 0 spiro atoms. The quantitative estimate of drug-likeness (QED) is 0.148. The first-order chi connectivity index (χ1) is 21.4. The third kappa shape index (κ3) is 7.93. The van der Waals surface area contributed by atoms with Crippen molar-refractivity contribution in [2.24, 2.45) is 4.99 Å². The Balaban J connectivity index is 1.50.